The highest BCUT2D eigenvalue weighted by molar-refractivity contribution is 5.95. The van der Waals surface area contributed by atoms with E-state index in [-0.39, 0.29) is 5.56 Å². The zero-order valence-corrected chi connectivity index (χ0v) is 12.2. The number of amides is 1. The monoisotopic (exact) mass is 297 g/mol. The highest BCUT2D eigenvalue weighted by Gasteiger charge is 2.25. The molecule has 1 heterocycles. The van der Waals surface area contributed by atoms with Gasteiger partial charge in [-0.1, -0.05) is 6.07 Å². The van der Waals surface area contributed by atoms with E-state index in [1.807, 2.05) is 0 Å². The topological polar surface area (TPSA) is 49.6 Å². The fraction of sp³-hybridized carbons (Fsp3) is 0.533. The maximum atomic E-state index is 14.1. The Kier molecular flexibility index (Phi) is 5.25. The second-order valence-corrected chi connectivity index (χ2v) is 5.33. The average Bonchev–Trinajstić information content (AvgIpc) is 2.69. The van der Waals surface area contributed by atoms with Gasteiger partial charge in [-0.25, -0.2) is 8.78 Å². The summed E-state index contributed by atoms with van der Waals surface area (Å²) in [5.74, 6) is -2.13. The lowest BCUT2D eigenvalue weighted by molar-refractivity contribution is 0.0751. The molecule has 0 saturated carbocycles. The van der Waals surface area contributed by atoms with Crippen molar-refractivity contribution in [2.45, 2.75) is 13.3 Å². The molecule has 1 aromatic rings. The largest absolute Gasteiger partial charge is 0.337 e. The average molecular weight is 297 g/mol. The Morgan fingerprint density at radius 1 is 1.24 bits per heavy atom. The van der Waals surface area contributed by atoms with Crippen LogP contribution < -0.4 is 5.73 Å². The normalized spacial score (nSPS) is 16.9. The molecule has 1 amide bonds. The van der Waals surface area contributed by atoms with Crippen LogP contribution in [0.2, 0.25) is 0 Å². The quantitative estimate of drug-likeness (QED) is 0.917. The van der Waals surface area contributed by atoms with Gasteiger partial charge in [-0.3, -0.25) is 4.79 Å². The Morgan fingerprint density at radius 3 is 2.71 bits per heavy atom. The molecule has 1 aliphatic heterocycles. The van der Waals surface area contributed by atoms with Gasteiger partial charge in [0.2, 0.25) is 0 Å². The Balaban J connectivity index is 2.15. The van der Waals surface area contributed by atoms with Crippen molar-refractivity contribution in [3.05, 3.63) is 34.9 Å². The predicted molar refractivity (Wildman–Crippen MR) is 77.1 cm³/mol. The molecule has 116 valence electrons. The van der Waals surface area contributed by atoms with E-state index in [2.05, 4.69) is 4.90 Å². The van der Waals surface area contributed by atoms with Gasteiger partial charge in [-0.15, -0.1) is 0 Å². The molecule has 1 saturated heterocycles. The maximum Gasteiger partial charge on any atom is 0.259 e. The Morgan fingerprint density at radius 2 is 2.00 bits per heavy atom. The number of carbonyl (C=O) groups is 1. The number of benzene rings is 1. The molecule has 0 atom stereocenters. The van der Waals surface area contributed by atoms with Gasteiger partial charge in [-0.05, 0) is 31.5 Å². The lowest BCUT2D eigenvalue weighted by Gasteiger charge is -2.22. The Bertz CT molecular complexity index is 522. The number of nitrogens with two attached hydrogens (primary N) is 1. The van der Waals surface area contributed by atoms with Crippen molar-refractivity contribution in [2.75, 3.05) is 39.3 Å². The van der Waals surface area contributed by atoms with Crippen LogP contribution >= 0.6 is 0 Å². The summed E-state index contributed by atoms with van der Waals surface area (Å²) in [7, 11) is 0. The first-order valence-electron chi connectivity index (χ1n) is 7.21. The van der Waals surface area contributed by atoms with Crippen LogP contribution in [-0.2, 0) is 0 Å². The van der Waals surface area contributed by atoms with E-state index in [0.717, 1.165) is 25.6 Å². The molecule has 1 aliphatic rings. The van der Waals surface area contributed by atoms with Crippen molar-refractivity contribution >= 4 is 5.91 Å². The number of nitrogens with zero attached hydrogens (tertiary/aromatic N) is 2. The fourth-order valence-electron chi connectivity index (χ4n) is 2.59. The molecule has 0 aliphatic carbocycles. The number of hydrogen-bond donors (Lipinski definition) is 1. The second kappa shape index (κ2) is 6.95. The van der Waals surface area contributed by atoms with Crippen molar-refractivity contribution < 1.29 is 13.6 Å². The van der Waals surface area contributed by atoms with Crippen molar-refractivity contribution in [3.63, 3.8) is 0 Å². The van der Waals surface area contributed by atoms with Crippen LogP contribution in [0.1, 0.15) is 22.3 Å². The maximum absolute atomic E-state index is 14.1. The molecule has 21 heavy (non-hydrogen) atoms. The third-order valence-electron chi connectivity index (χ3n) is 3.82. The molecular formula is C15H21F2N3O. The fourth-order valence-corrected chi connectivity index (χ4v) is 2.59. The van der Waals surface area contributed by atoms with Gasteiger partial charge in [0.05, 0.1) is 0 Å². The number of aryl methyl sites for hydroxylation is 1. The summed E-state index contributed by atoms with van der Waals surface area (Å²) in [4.78, 5) is 16.1. The molecule has 0 unspecified atom stereocenters. The number of rotatable bonds is 3. The molecule has 2 rings (SSSR count). The molecule has 0 spiro atoms. The van der Waals surface area contributed by atoms with E-state index in [0.29, 0.717) is 26.2 Å². The van der Waals surface area contributed by atoms with Crippen LogP contribution in [0.15, 0.2) is 12.1 Å². The predicted octanol–water partition coefficient (Wildman–Crippen LogP) is 1.38. The molecule has 0 aromatic heterocycles. The van der Waals surface area contributed by atoms with Crippen LogP contribution in [0.4, 0.5) is 8.78 Å². The van der Waals surface area contributed by atoms with Gasteiger partial charge in [0.15, 0.2) is 0 Å². The van der Waals surface area contributed by atoms with Crippen LogP contribution in [-0.4, -0.2) is 55.0 Å². The van der Waals surface area contributed by atoms with Crippen LogP contribution in [0.25, 0.3) is 0 Å². The van der Waals surface area contributed by atoms with E-state index in [1.54, 1.807) is 0 Å². The molecule has 0 radical (unpaired) electrons. The van der Waals surface area contributed by atoms with Crippen molar-refractivity contribution in [2.24, 2.45) is 5.73 Å². The molecule has 6 heteroatoms. The summed E-state index contributed by atoms with van der Waals surface area (Å²) in [6.45, 7) is 5.36. The minimum absolute atomic E-state index is 0.277. The van der Waals surface area contributed by atoms with Crippen LogP contribution in [0.3, 0.4) is 0 Å². The highest BCUT2D eigenvalue weighted by Crippen LogP contribution is 2.19. The van der Waals surface area contributed by atoms with Gasteiger partial charge >= 0.3 is 0 Å². The molecule has 2 N–H and O–H groups in total. The first-order valence-corrected chi connectivity index (χ1v) is 7.21. The molecule has 0 bridgehead atoms. The minimum Gasteiger partial charge on any atom is -0.337 e. The third kappa shape index (κ3) is 3.57. The van der Waals surface area contributed by atoms with E-state index in [4.69, 9.17) is 5.73 Å². The highest BCUT2D eigenvalue weighted by atomic mass is 19.1. The SMILES string of the molecule is Cc1ccc(F)c(C(=O)N2CCCN(CCN)CC2)c1F. The second-order valence-electron chi connectivity index (χ2n) is 5.33. The minimum atomic E-state index is -0.800. The van der Waals surface area contributed by atoms with E-state index >= 15 is 0 Å². The molecular weight excluding hydrogens is 276 g/mol. The van der Waals surface area contributed by atoms with Gasteiger partial charge in [0.1, 0.15) is 17.2 Å². The zero-order chi connectivity index (χ0) is 15.4. The van der Waals surface area contributed by atoms with Crippen molar-refractivity contribution in [1.29, 1.82) is 0 Å². The van der Waals surface area contributed by atoms with Crippen molar-refractivity contribution in [1.82, 2.24) is 9.80 Å². The first-order chi connectivity index (χ1) is 10.0. The number of carbonyl (C=O) groups excluding carboxylic acids is 1. The van der Waals surface area contributed by atoms with Crippen LogP contribution in [0.5, 0.6) is 0 Å². The third-order valence-corrected chi connectivity index (χ3v) is 3.82. The Hall–Kier alpha value is -1.53. The summed E-state index contributed by atoms with van der Waals surface area (Å²) in [6.07, 6.45) is 0.779. The van der Waals surface area contributed by atoms with Crippen molar-refractivity contribution in [3.8, 4) is 0 Å². The summed E-state index contributed by atoms with van der Waals surface area (Å²) >= 11 is 0. The summed E-state index contributed by atoms with van der Waals surface area (Å²) in [5, 5.41) is 0. The summed E-state index contributed by atoms with van der Waals surface area (Å²) in [5.41, 5.74) is 5.37. The smallest absolute Gasteiger partial charge is 0.259 e. The van der Waals surface area contributed by atoms with Gasteiger partial charge in [0, 0.05) is 32.7 Å². The Labute approximate surface area is 123 Å². The number of hydrogen-bond acceptors (Lipinski definition) is 3. The van der Waals surface area contributed by atoms with Gasteiger partial charge in [0.25, 0.3) is 5.91 Å². The lowest BCUT2D eigenvalue weighted by atomic mass is 10.1. The first kappa shape index (κ1) is 15.9. The van der Waals surface area contributed by atoms with E-state index in [1.165, 1.54) is 17.9 Å². The molecule has 1 fully saturated rings. The lowest BCUT2D eigenvalue weighted by Crippen LogP contribution is -2.37. The summed E-state index contributed by atoms with van der Waals surface area (Å²) in [6, 6.07) is 2.48. The molecule has 1 aromatic carbocycles. The standard InChI is InChI=1S/C15H21F2N3O/c1-11-3-4-12(16)13(14(11)17)15(21)20-7-2-6-19(8-5-18)9-10-20/h3-4H,2,5-10,18H2,1H3. The van der Waals surface area contributed by atoms with E-state index in [9.17, 15) is 13.6 Å². The van der Waals surface area contributed by atoms with Gasteiger partial charge in [-0.2, -0.15) is 0 Å². The summed E-state index contributed by atoms with van der Waals surface area (Å²) < 4.78 is 27.9. The van der Waals surface area contributed by atoms with Gasteiger partial charge < -0.3 is 15.5 Å². The van der Waals surface area contributed by atoms with Crippen LogP contribution in [0, 0.1) is 18.6 Å². The van der Waals surface area contributed by atoms with E-state index < -0.39 is 23.1 Å². The zero-order valence-electron chi connectivity index (χ0n) is 12.2. The molecule has 4 nitrogen and oxygen atoms in total. The number of halogens is 2.